The highest BCUT2D eigenvalue weighted by Gasteiger charge is 2.24. The number of nitrogens with two attached hydrogens (primary N) is 1. The van der Waals surface area contributed by atoms with E-state index in [2.05, 4.69) is 4.98 Å². The zero-order valence-corrected chi connectivity index (χ0v) is 18.7. The molecule has 0 amide bonds. The molecule has 3 aromatic rings. The number of esters is 1. The Labute approximate surface area is 188 Å². The van der Waals surface area contributed by atoms with E-state index in [9.17, 15) is 4.79 Å². The molecule has 3 rings (SSSR count). The number of carbonyl (C=O) groups is 1. The topological polar surface area (TPSA) is 84.9 Å². The number of rotatable bonds is 8. The van der Waals surface area contributed by atoms with Gasteiger partial charge in [0.05, 0.1) is 14.2 Å². The number of hydrogen-bond donors (Lipinski definition) is 1. The van der Waals surface area contributed by atoms with Crippen molar-refractivity contribution < 1.29 is 24.0 Å². The second-order valence-electron chi connectivity index (χ2n) is 6.31. The smallest absolute Gasteiger partial charge is 0.348 e. The van der Waals surface area contributed by atoms with Gasteiger partial charge in [0, 0.05) is 23.4 Å². The summed E-state index contributed by atoms with van der Waals surface area (Å²) >= 11 is 14.0. The summed E-state index contributed by atoms with van der Waals surface area (Å²) in [6.07, 6.45) is 2.88. The number of ether oxygens (including phenoxy) is 3. The van der Waals surface area contributed by atoms with Crippen LogP contribution in [-0.4, -0.2) is 20.2 Å². The van der Waals surface area contributed by atoms with Gasteiger partial charge in [0.1, 0.15) is 21.0 Å². The molecule has 0 saturated heterocycles. The Hall–Kier alpha value is -2.32. The molecule has 1 atom stereocenters. The van der Waals surface area contributed by atoms with Crippen molar-refractivity contribution in [2.75, 3.05) is 14.2 Å². The van der Waals surface area contributed by atoms with Crippen molar-refractivity contribution in [3.63, 3.8) is 0 Å². The van der Waals surface area contributed by atoms with Crippen molar-refractivity contribution in [3.05, 3.63) is 73.7 Å². The Morgan fingerprint density at radius 1 is 1.10 bits per heavy atom. The number of pyridine rings is 1. The first-order chi connectivity index (χ1) is 14.5. The van der Waals surface area contributed by atoms with Gasteiger partial charge in [-0.1, -0.05) is 29.3 Å². The van der Waals surface area contributed by atoms with Crippen LogP contribution >= 0.6 is 34.5 Å². The van der Waals surface area contributed by atoms with Crippen LogP contribution in [0.25, 0.3) is 0 Å². The maximum absolute atomic E-state index is 12.8. The van der Waals surface area contributed by atoms with Crippen LogP contribution in [0.5, 0.6) is 11.5 Å². The van der Waals surface area contributed by atoms with E-state index in [4.69, 9.17) is 43.1 Å². The van der Waals surface area contributed by atoms with E-state index >= 15 is 0 Å². The highest BCUT2D eigenvalue weighted by atomic mass is 35.5. The van der Waals surface area contributed by atoms with Crippen LogP contribution in [0.2, 0.25) is 10.0 Å². The fourth-order valence-electron chi connectivity index (χ4n) is 2.92. The fraction of sp³-hybridized carbons (Fsp3) is 0.238. The molecule has 0 saturated carbocycles. The van der Waals surface area contributed by atoms with Crippen molar-refractivity contribution in [2.45, 2.75) is 19.1 Å². The van der Waals surface area contributed by atoms with Crippen molar-refractivity contribution in [3.8, 4) is 11.5 Å². The first-order valence-electron chi connectivity index (χ1n) is 9.02. The number of aromatic amines is 1. The third-order valence-electron chi connectivity index (χ3n) is 4.48. The Morgan fingerprint density at radius 2 is 1.80 bits per heavy atom. The number of H-pyrrole nitrogens is 1. The van der Waals surface area contributed by atoms with Crippen molar-refractivity contribution >= 4 is 40.5 Å². The summed E-state index contributed by atoms with van der Waals surface area (Å²) in [5.41, 5.74) is 7.03. The summed E-state index contributed by atoms with van der Waals surface area (Å²) in [4.78, 5) is 17.1. The van der Waals surface area contributed by atoms with Crippen LogP contribution in [0.15, 0.2) is 42.7 Å². The SMILES string of the molecule is COc1ccc([C@H](Cc2c(Cl)c[nH+]cc2Cl)OC(=O)c2ccc(CN)s2)cc1OC. The highest BCUT2D eigenvalue weighted by Crippen LogP contribution is 2.35. The third kappa shape index (κ3) is 5.05. The van der Waals surface area contributed by atoms with Crippen LogP contribution in [0.1, 0.15) is 31.8 Å². The van der Waals surface area contributed by atoms with E-state index in [1.807, 2.05) is 12.1 Å². The number of aromatic nitrogens is 1. The van der Waals surface area contributed by atoms with Crippen LogP contribution in [0.3, 0.4) is 0 Å². The second kappa shape index (κ2) is 10.1. The van der Waals surface area contributed by atoms with Gasteiger partial charge < -0.3 is 19.9 Å². The molecule has 1 aromatic carbocycles. The predicted octanol–water partition coefficient (Wildman–Crippen LogP) is 4.49. The van der Waals surface area contributed by atoms with Crippen LogP contribution in [-0.2, 0) is 17.7 Å². The van der Waals surface area contributed by atoms with Crippen molar-refractivity contribution in [1.82, 2.24) is 0 Å². The monoisotopic (exact) mass is 467 g/mol. The van der Waals surface area contributed by atoms with Gasteiger partial charge in [-0.05, 0) is 29.8 Å². The number of benzene rings is 1. The van der Waals surface area contributed by atoms with E-state index < -0.39 is 12.1 Å². The van der Waals surface area contributed by atoms with Gasteiger partial charge in [-0.2, -0.15) is 0 Å². The second-order valence-corrected chi connectivity index (χ2v) is 8.30. The fourth-order valence-corrected chi connectivity index (χ4v) is 4.22. The van der Waals surface area contributed by atoms with Crippen LogP contribution in [0, 0.1) is 0 Å². The molecular formula is C21H21Cl2N2O4S+. The Kier molecular flexibility index (Phi) is 7.55. The molecule has 0 unspecified atom stereocenters. The molecule has 0 spiro atoms. The van der Waals surface area contributed by atoms with Crippen LogP contribution in [0.4, 0.5) is 0 Å². The van der Waals surface area contributed by atoms with Crippen molar-refractivity contribution in [1.29, 1.82) is 0 Å². The average molecular weight is 468 g/mol. The molecule has 0 aliphatic carbocycles. The first-order valence-corrected chi connectivity index (χ1v) is 10.6. The van der Waals surface area contributed by atoms with E-state index in [1.54, 1.807) is 44.8 Å². The van der Waals surface area contributed by atoms with Gasteiger partial charge in [-0.3, -0.25) is 0 Å². The van der Waals surface area contributed by atoms with E-state index in [0.717, 1.165) is 10.4 Å². The molecule has 0 aliphatic rings. The lowest BCUT2D eigenvalue weighted by Crippen LogP contribution is -2.15. The van der Waals surface area contributed by atoms with E-state index in [0.29, 0.717) is 38.5 Å². The number of nitrogens with one attached hydrogen (secondary N) is 1. The minimum atomic E-state index is -0.655. The maximum atomic E-state index is 12.8. The molecular weight excluding hydrogens is 447 g/mol. The molecule has 0 radical (unpaired) electrons. The Morgan fingerprint density at radius 3 is 2.40 bits per heavy atom. The van der Waals surface area contributed by atoms with Gasteiger partial charge in [-0.25, -0.2) is 9.78 Å². The first kappa shape index (κ1) is 22.4. The molecule has 6 nitrogen and oxygen atoms in total. The summed E-state index contributed by atoms with van der Waals surface area (Å²) in [6, 6.07) is 8.86. The maximum Gasteiger partial charge on any atom is 0.348 e. The highest BCUT2D eigenvalue weighted by molar-refractivity contribution is 7.13. The van der Waals surface area contributed by atoms with Crippen molar-refractivity contribution in [2.24, 2.45) is 5.73 Å². The number of halogens is 2. The number of methoxy groups -OCH3 is 2. The van der Waals surface area contributed by atoms with Crippen LogP contribution < -0.4 is 20.2 Å². The molecule has 2 heterocycles. The number of carbonyl (C=O) groups excluding carboxylic acids is 1. The Balaban J connectivity index is 1.96. The summed E-state index contributed by atoms with van der Waals surface area (Å²) in [5, 5.41) is 0.899. The molecule has 30 heavy (non-hydrogen) atoms. The molecule has 9 heteroatoms. The number of thiophene rings is 1. The van der Waals surface area contributed by atoms with Gasteiger partial charge in [0.15, 0.2) is 23.9 Å². The minimum absolute atomic E-state index is 0.280. The van der Waals surface area contributed by atoms with E-state index in [1.165, 1.54) is 11.3 Å². The summed E-state index contributed by atoms with van der Waals surface area (Å²) < 4.78 is 16.6. The lowest BCUT2D eigenvalue weighted by Gasteiger charge is -2.20. The molecule has 0 aliphatic heterocycles. The van der Waals surface area contributed by atoms with E-state index in [-0.39, 0.29) is 6.42 Å². The molecule has 3 N–H and O–H groups in total. The minimum Gasteiger partial charge on any atom is -0.493 e. The summed E-state index contributed by atoms with van der Waals surface area (Å²) in [7, 11) is 3.10. The quantitative estimate of drug-likeness (QED) is 0.493. The lowest BCUT2D eigenvalue weighted by atomic mass is 10.0. The normalized spacial score (nSPS) is 11.8. The largest absolute Gasteiger partial charge is 0.493 e. The standard InChI is InChI=1S/C21H20Cl2N2O4S/c1-27-17-5-3-12(7-19(17)28-2)18(8-14-15(22)10-25-11-16(14)23)29-21(26)20-6-4-13(9-24)30-20/h3-7,10-11,18H,8-9,24H2,1-2H3/p+1/t18-/m0/s1. The zero-order chi connectivity index (χ0) is 21.7. The third-order valence-corrected chi connectivity index (χ3v) is 6.24. The van der Waals surface area contributed by atoms with Gasteiger partial charge in [-0.15, -0.1) is 11.3 Å². The van der Waals surface area contributed by atoms with Gasteiger partial charge in [0.25, 0.3) is 0 Å². The average Bonchev–Trinajstić information content (AvgIpc) is 3.24. The zero-order valence-electron chi connectivity index (χ0n) is 16.4. The number of hydrogen-bond acceptors (Lipinski definition) is 6. The predicted molar refractivity (Wildman–Crippen MR) is 117 cm³/mol. The molecule has 0 fully saturated rings. The molecule has 158 valence electrons. The van der Waals surface area contributed by atoms with Gasteiger partial charge in [0.2, 0.25) is 0 Å². The summed E-state index contributed by atoms with van der Waals surface area (Å²) in [6.45, 7) is 0.364. The molecule has 0 bridgehead atoms. The Bertz CT molecular complexity index is 1020. The van der Waals surface area contributed by atoms with Gasteiger partial charge >= 0.3 is 5.97 Å². The molecule has 2 aromatic heterocycles. The summed E-state index contributed by atoms with van der Waals surface area (Å²) in [5.74, 6) is 0.646. The lowest BCUT2D eigenvalue weighted by molar-refractivity contribution is -0.377.